The number of urea groups is 1. The maximum absolute atomic E-state index is 11.9. The molecule has 0 spiro atoms. The van der Waals surface area contributed by atoms with Crippen LogP contribution in [0.15, 0.2) is 6.20 Å². The lowest BCUT2D eigenvalue weighted by Crippen LogP contribution is -2.30. The highest BCUT2D eigenvalue weighted by Crippen LogP contribution is 2.17. The number of aryl methyl sites for hydroxylation is 2. The van der Waals surface area contributed by atoms with E-state index in [1.165, 1.54) is 4.88 Å². The summed E-state index contributed by atoms with van der Waals surface area (Å²) in [6.45, 7) is 8.39. The Hall–Kier alpha value is -2.40. The van der Waals surface area contributed by atoms with E-state index < -0.39 is 0 Å². The van der Waals surface area contributed by atoms with E-state index in [2.05, 4.69) is 20.7 Å². The standard InChI is InChI=1S/C15H20N6OS/c1-9(2)21-8-12(7-16)14(20-21)19-15(22)17-6-5-13-18-10(3)11(4)23-13/h8-9H,5-6H2,1-4H3,(H2,17,19,20,22). The summed E-state index contributed by atoms with van der Waals surface area (Å²) in [4.78, 5) is 17.6. The second kappa shape index (κ2) is 7.24. The highest BCUT2D eigenvalue weighted by molar-refractivity contribution is 7.11. The molecule has 0 unspecified atom stereocenters. The second-order valence-corrected chi connectivity index (χ2v) is 6.74. The van der Waals surface area contributed by atoms with Gasteiger partial charge in [0.15, 0.2) is 5.82 Å². The molecule has 2 rings (SSSR count). The van der Waals surface area contributed by atoms with Gasteiger partial charge in [0.05, 0.1) is 10.7 Å². The van der Waals surface area contributed by atoms with Crippen LogP contribution in [0, 0.1) is 25.2 Å². The number of nitrogens with one attached hydrogen (secondary N) is 2. The average molecular weight is 332 g/mol. The quantitative estimate of drug-likeness (QED) is 0.880. The van der Waals surface area contributed by atoms with E-state index in [4.69, 9.17) is 5.26 Å². The molecule has 0 saturated heterocycles. The molecule has 7 nitrogen and oxygen atoms in total. The summed E-state index contributed by atoms with van der Waals surface area (Å²) < 4.78 is 1.65. The molecule has 0 aliphatic rings. The van der Waals surface area contributed by atoms with Crippen LogP contribution in [0.3, 0.4) is 0 Å². The van der Waals surface area contributed by atoms with E-state index in [-0.39, 0.29) is 17.9 Å². The summed E-state index contributed by atoms with van der Waals surface area (Å²) in [7, 11) is 0. The minimum atomic E-state index is -0.375. The number of carbonyl (C=O) groups is 1. The largest absolute Gasteiger partial charge is 0.337 e. The van der Waals surface area contributed by atoms with Crippen molar-refractivity contribution in [3.63, 3.8) is 0 Å². The Morgan fingerprint density at radius 2 is 2.22 bits per heavy atom. The summed E-state index contributed by atoms with van der Waals surface area (Å²) in [6, 6.07) is 1.78. The third-order valence-electron chi connectivity index (χ3n) is 3.31. The third kappa shape index (κ3) is 4.29. The molecule has 2 amide bonds. The van der Waals surface area contributed by atoms with E-state index >= 15 is 0 Å². The van der Waals surface area contributed by atoms with Gasteiger partial charge in [-0.1, -0.05) is 0 Å². The van der Waals surface area contributed by atoms with Crippen LogP contribution in [0.4, 0.5) is 10.6 Å². The van der Waals surface area contributed by atoms with Gasteiger partial charge in [0.25, 0.3) is 0 Å². The maximum Gasteiger partial charge on any atom is 0.320 e. The molecule has 23 heavy (non-hydrogen) atoms. The minimum absolute atomic E-state index is 0.122. The van der Waals surface area contributed by atoms with Crippen LogP contribution in [0.2, 0.25) is 0 Å². The monoisotopic (exact) mass is 332 g/mol. The fourth-order valence-electron chi connectivity index (χ4n) is 1.91. The molecule has 0 aliphatic heterocycles. The minimum Gasteiger partial charge on any atom is -0.337 e. The SMILES string of the molecule is Cc1nc(CCNC(=O)Nc2nn(C(C)C)cc2C#N)sc1C. The Morgan fingerprint density at radius 3 is 2.78 bits per heavy atom. The lowest BCUT2D eigenvalue weighted by molar-refractivity contribution is 0.252. The summed E-state index contributed by atoms with van der Waals surface area (Å²) in [6.07, 6.45) is 2.31. The highest BCUT2D eigenvalue weighted by Gasteiger charge is 2.13. The van der Waals surface area contributed by atoms with Crippen LogP contribution in [0.25, 0.3) is 0 Å². The first-order valence-corrected chi connectivity index (χ1v) is 8.19. The molecule has 2 aromatic heterocycles. The van der Waals surface area contributed by atoms with Crippen molar-refractivity contribution in [3.05, 3.63) is 27.3 Å². The summed E-state index contributed by atoms with van der Waals surface area (Å²) in [5.41, 5.74) is 1.38. The topological polar surface area (TPSA) is 95.6 Å². The van der Waals surface area contributed by atoms with E-state index in [0.29, 0.717) is 18.5 Å². The molecule has 2 N–H and O–H groups in total. The lowest BCUT2D eigenvalue weighted by atomic mass is 10.3. The number of thiazole rings is 1. The highest BCUT2D eigenvalue weighted by atomic mass is 32.1. The molecule has 8 heteroatoms. The molecule has 0 aromatic carbocycles. The van der Waals surface area contributed by atoms with Gasteiger partial charge in [-0.05, 0) is 27.7 Å². The number of hydrogen-bond acceptors (Lipinski definition) is 5. The second-order valence-electron chi connectivity index (χ2n) is 5.46. The molecular formula is C15H20N6OS. The molecule has 0 radical (unpaired) electrons. The molecule has 0 saturated carbocycles. The van der Waals surface area contributed by atoms with Crippen LogP contribution in [-0.2, 0) is 6.42 Å². The number of hydrogen-bond donors (Lipinski definition) is 2. The lowest BCUT2D eigenvalue weighted by Gasteiger charge is -2.06. The fourth-order valence-corrected chi connectivity index (χ4v) is 2.84. The Kier molecular flexibility index (Phi) is 5.34. The number of nitrogens with zero attached hydrogens (tertiary/aromatic N) is 4. The first kappa shape index (κ1) is 17.0. The van der Waals surface area contributed by atoms with Crippen molar-refractivity contribution in [2.45, 2.75) is 40.2 Å². The van der Waals surface area contributed by atoms with Gasteiger partial charge in [0.1, 0.15) is 11.6 Å². The number of amides is 2. The Morgan fingerprint density at radius 1 is 1.48 bits per heavy atom. The summed E-state index contributed by atoms with van der Waals surface area (Å²) in [5.74, 6) is 0.277. The van der Waals surface area contributed by atoms with Crippen molar-refractivity contribution >= 4 is 23.2 Å². The normalized spacial score (nSPS) is 10.6. The van der Waals surface area contributed by atoms with Gasteiger partial charge in [-0.25, -0.2) is 9.78 Å². The van der Waals surface area contributed by atoms with Gasteiger partial charge in [0.2, 0.25) is 0 Å². The van der Waals surface area contributed by atoms with E-state index in [1.54, 1.807) is 22.2 Å². The summed E-state index contributed by atoms with van der Waals surface area (Å²) >= 11 is 1.64. The number of nitriles is 1. The number of aromatic nitrogens is 3. The molecule has 0 atom stereocenters. The molecule has 0 fully saturated rings. The van der Waals surface area contributed by atoms with E-state index in [9.17, 15) is 4.79 Å². The van der Waals surface area contributed by atoms with Gasteiger partial charge in [-0.15, -0.1) is 11.3 Å². The number of anilines is 1. The Labute approximate surface area is 139 Å². The van der Waals surface area contributed by atoms with Gasteiger partial charge >= 0.3 is 6.03 Å². The Bertz CT molecular complexity index is 720. The van der Waals surface area contributed by atoms with E-state index in [1.807, 2.05) is 33.8 Å². The van der Waals surface area contributed by atoms with Crippen molar-refractivity contribution in [3.8, 4) is 6.07 Å². The van der Waals surface area contributed by atoms with Gasteiger partial charge in [-0.3, -0.25) is 10.00 Å². The fraction of sp³-hybridized carbons (Fsp3) is 0.467. The smallest absolute Gasteiger partial charge is 0.320 e. The van der Waals surface area contributed by atoms with Crippen molar-refractivity contribution < 1.29 is 4.79 Å². The Balaban J connectivity index is 1.88. The predicted octanol–water partition coefficient (Wildman–Crippen LogP) is 2.77. The van der Waals surface area contributed by atoms with Gasteiger partial charge < -0.3 is 5.32 Å². The molecule has 0 aliphatic carbocycles. The zero-order valence-corrected chi connectivity index (χ0v) is 14.5. The van der Waals surface area contributed by atoms with Crippen LogP contribution < -0.4 is 10.6 Å². The summed E-state index contributed by atoms with van der Waals surface area (Å²) in [5, 5.41) is 19.7. The number of rotatable bonds is 5. The molecular weight excluding hydrogens is 312 g/mol. The average Bonchev–Trinajstić information content (AvgIpc) is 3.03. The maximum atomic E-state index is 11.9. The molecule has 122 valence electrons. The van der Waals surface area contributed by atoms with Crippen LogP contribution in [0.5, 0.6) is 0 Å². The zero-order valence-electron chi connectivity index (χ0n) is 13.7. The van der Waals surface area contributed by atoms with Crippen LogP contribution >= 0.6 is 11.3 Å². The molecule has 2 aromatic rings. The molecule has 0 bridgehead atoms. The number of carbonyl (C=O) groups excluding carboxylic acids is 1. The first-order chi connectivity index (χ1) is 10.9. The first-order valence-electron chi connectivity index (χ1n) is 7.37. The van der Waals surface area contributed by atoms with E-state index in [0.717, 1.165) is 10.7 Å². The van der Waals surface area contributed by atoms with Crippen molar-refractivity contribution in [2.75, 3.05) is 11.9 Å². The third-order valence-corrected chi connectivity index (χ3v) is 4.44. The van der Waals surface area contributed by atoms with Crippen LogP contribution in [0.1, 0.15) is 41.0 Å². The van der Waals surface area contributed by atoms with Crippen molar-refractivity contribution in [1.82, 2.24) is 20.1 Å². The van der Waals surface area contributed by atoms with Crippen molar-refractivity contribution in [2.24, 2.45) is 0 Å². The van der Waals surface area contributed by atoms with Crippen molar-refractivity contribution in [1.29, 1.82) is 5.26 Å². The zero-order chi connectivity index (χ0) is 17.0. The van der Waals surface area contributed by atoms with Gasteiger partial charge in [0, 0.05) is 30.1 Å². The molecule has 2 heterocycles. The van der Waals surface area contributed by atoms with Crippen LogP contribution in [-0.4, -0.2) is 27.3 Å². The van der Waals surface area contributed by atoms with Gasteiger partial charge in [-0.2, -0.15) is 10.4 Å². The predicted molar refractivity (Wildman–Crippen MR) is 89.6 cm³/mol.